The van der Waals surface area contributed by atoms with E-state index in [4.69, 9.17) is 5.26 Å². The highest BCUT2D eigenvalue weighted by Crippen LogP contribution is 2.44. The van der Waals surface area contributed by atoms with Crippen LogP contribution in [-0.4, -0.2) is 6.29 Å². The standard InChI is InChI=1S/C13H14FNO/c1-12(2,8-9-16)13(14,10-15)11-6-4-3-5-7-11/h3-7,9H,8H2,1-2H3. The predicted molar refractivity (Wildman–Crippen MR) is 59.3 cm³/mol. The Morgan fingerprint density at radius 3 is 2.38 bits per heavy atom. The van der Waals surface area contributed by atoms with Gasteiger partial charge in [-0.1, -0.05) is 44.2 Å². The number of aldehydes is 1. The maximum atomic E-state index is 14.7. The molecule has 3 heteroatoms. The van der Waals surface area contributed by atoms with E-state index in [0.29, 0.717) is 11.8 Å². The first kappa shape index (κ1) is 12.4. The molecule has 0 saturated carbocycles. The Morgan fingerprint density at radius 1 is 1.38 bits per heavy atom. The summed E-state index contributed by atoms with van der Waals surface area (Å²) in [6.45, 7) is 3.16. The molecule has 0 bridgehead atoms. The van der Waals surface area contributed by atoms with E-state index in [1.54, 1.807) is 50.2 Å². The summed E-state index contributed by atoms with van der Waals surface area (Å²) in [5.41, 5.74) is -2.88. The molecule has 1 aromatic rings. The van der Waals surface area contributed by atoms with Crippen LogP contribution in [0.4, 0.5) is 4.39 Å². The van der Waals surface area contributed by atoms with Gasteiger partial charge in [0, 0.05) is 17.4 Å². The molecule has 2 nitrogen and oxygen atoms in total. The summed E-state index contributed by atoms with van der Waals surface area (Å²) in [6, 6.07) is 9.94. The van der Waals surface area contributed by atoms with Crippen LogP contribution >= 0.6 is 0 Å². The largest absolute Gasteiger partial charge is 0.303 e. The van der Waals surface area contributed by atoms with Gasteiger partial charge in [-0.3, -0.25) is 0 Å². The van der Waals surface area contributed by atoms with Gasteiger partial charge in [-0.25, -0.2) is 4.39 Å². The van der Waals surface area contributed by atoms with Crippen molar-refractivity contribution in [1.29, 1.82) is 5.26 Å². The molecule has 0 N–H and O–H groups in total. The van der Waals surface area contributed by atoms with Gasteiger partial charge in [0.15, 0.2) is 0 Å². The summed E-state index contributed by atoms with van der Waals surface area (Å²) in [7, 11) is 0. The normalized spacial score (nSPS) is 14.9. The Balaban J connectivity index is 3.23. The summed E-state index contributed by atoms with van der Waals surface area (Å²) in [5.74, 6) is 0. The van der Waals surface area contributed by atoms with E-state index in [1.165, 1.54) is 0 Å². The third kappa shape index (κ3) is 1.96. The molecule has 0 aliphatic rings. The van der Waals surface area contributed by atoms with Crippen molar-refractivity contribution >= 4 is 6.29 Å². The molecular formula is C13H14FNO. The molecular weight excluding hydrogens is 205 g/mol. The molecule has 16 heavy (non-hydrogen) atoms. The van der Waals surface area contributed by atoms with E-state index in [-0.39, 0.29) is 6.42 Å². The van der Waals surface area contributed by atoms with Gasteiger partial charge < -0.3 is 4.79 Å². The highest BCUT2D eigenvalue weighted by molar-refractivity contribution is 5.52. The van der Waals surface area contributed by atoms with Crippen molar-refractivity contribution in [2.45, 2.75) is 25.9 Å². The number of nitriles is 1. The van der Waals surface area contributed by atoms with Gasteiger partial charge in [0.2, 0.25) is 5.67 Å². The van der Waals surface area contributed by atoms with Crippen molar-refractivity contribution in [2.24, 2.45) is 5.41 Å². The van der Waals surface area contributed by atoms with Crippen LogP contribution in [0, 0.1) is 16.7 Å². The van der Waals surface area contributed by atoms with Crippen molar-refractivity contribution in [3.63, 3.8) is 0 Å². The Kier molecular flexibility index (Phi) is 3.44. The first-order chi connectivity index (χ1) is 7.48. The first-order valence-electron chi connectivity index (χ1n) is 5.07. The molecule has 0 aromatic heterocycles. The zero-order valence-corrected chi connectivity index (χ0v) is 9.40. The summed E-state index contributed by atoms with van der Waals surface area (Å²) in [6.07, 6.45) is 0.653. The zero-order valence-electron chi connectivity index (χ0n) is 9.40. The fourth-order valence-corrected chi connectivity index (χ4v) is 1.62. The lowest BCUT2D eigenvalue weighted by atomic mass is 9.71. The lowest BCUT2D eigenvalue weighted by Crippen LogP contribution is -2.37. The monoisotopic (exact) mass is 219 g/mol. The smallest absolute Gasteiger partial charge is 0.226 e. The van der Waals surface area contributed by atoms with Crippen LogP contribution < -0.4 is 0 Å². The number of nitrogens with zero attached hydrogens (tertiary/aromatic N) is 1. The highest BCUT2D eigenvalue weighted by Gasteiger charge is 2.47. The van der Waals surface area contributed by atoms with Gasteiger partial charge in [0.05, 0.1) is 0 Å². The number of rotatable bonds is 4. The molecule has 1 rings (SSSR count). The van der Waals surface area contributed by atoms with Gasteiger partial charge in [0.25, 0.3) is 0 Å². The van der Waals surface area contributed by atoms with Crippen LogP contribution in [0.5, 0.6) is 0 Å². The molecule has 0 amide bonds. The van der Waals surface area contributed by atoms with Crippen LogP contribution in [0.2, 0.25) is 0 Å². The zero-order chi connectivity index (χ0) is 12.2. The summed E-state index contributed by atoms with van der Waals surface area (Å²) in [5, 5.41) is 9.06. The fraction of sp³-hybridized carbons (Fsp3) is 0.385. The lowest BCUT2D eigenvalue weighted by molar-refractivity contribution is -0.111. The molecule has 0 aliphatic carbocycles. The van der Waals surface area contributed by atoms with Crippen molar-refractivity contribution in [3.05, 3.63) is 35.9 Å². The molecule has 1 atom stereocenters. The maximum Gasteiger partial charge on any atom is 0.226 e. The van der Waals surface area contributed by atoms with Crippen molar-refractivity contribution < 1.29 is 9.18 Å². The maximum absolute atomic E-state index is 14.7. The molecule has 0 spiro atoms. The number of carbonyl (C=O) groups excluding carboxylic acids is 1. The van der Waals surface area contributed by atoms with E-state index >= 15 is 0 Å². The van der Waals surface area contributed by atoms with Crippen molar-refractivity contribution in [2.75, 3.05) is 0 Å². The Bertz CT molecular complexity index is 408. The van der Waals surface area contributed by atoms with Gasteiger partial charge in [-0.15, -0.1) is 0 Å². The summed E-state index contributed by atoms with van der Waals surface area (Å²) >= 11 is 0. The average molecular weight is 219 g/mol. The second-order valence-corrected chi connectivity index (χ2v) is 4.39. The average Bonchev–Trinajstić information content (AvgIpc) is 2.29. The minimum absolute atomic E-state index is 0.00591. The number of alkyl halides is 1. The topological polar surface area (TPSA) is 40.9 Å². The predicted octanol–water partition coefficient (Wildman–Crippen LogP) is 2.99. The van der Waals surface area contributed by atoms with Crippen LogP contribution in [0.1, 0.15) is 25.8 Å². The first-order valence-corrected chi connectivity index (χ1v) is 5.07. The van der Waals surface area contributed by atoms with Gasteiger partial charge in [-0.05, 0) is 0 Å². The third-order valence-corrected chi connectivity index (χ3v) is 2.85. The molecule has 0 fully saturated rings. The number of hydrogen-bond acceptors (Lipinski definition) is 2. The minimum atomic E-state index is -2.14. The van der Waals surface area contributed by atoms with Crippen LogP contribution in [0.25, 0.3) is 0 Å². The second-order valence-electron chi connectivity index (χ2n) is 4.39. The highest BCUT2D eigenvalue weighted by atomic mass is 19.1. The molecule has 0 radical (unpaired) electrons. The van der Waals surface area contributed by atoms with Crippen LogP contribution in [0.15, 0.2) is 30.3 Å². The fourth-order valence-electron chi connectivity index (χ4n) is 1.62. The lowest BCUT2D eigenvalue weighted by Gasteiger charge is -2.34. The van der Waals surface area contributed by atoms with E-state index in [1.807, 2.05) is 0 Å². The molecule has 1 aromatic carbocycles. The van der Waals surface area contributed by atoms with Crippen LogP contribution in [-0.2, 0) is 10.5 Å². The van der Waals surface area contributed by atoms with Gasteiger partial charge in [0.1, 0.15) is 12.4 Å². The molecule has 84 valence electrons. The van der Waals surface area contributed by atoms with Gasteiger partial charge in [-0.2, -0.15) is 5.26 Å². The SMILES string of the molecule is CC(C)(CC=O)C(F)(C#N)c1ccccc1. The Morgan fingerprint density at radius 2 is 1.94 bits per heavy atom. The van der Waals surface area contributed by atoms with Crippen molar-refractivity contribution in [3.8, 4) is 6.07 Å². The van der Waals surface area contributed by atoms with Crippen molar-refractivity contribution in [1.82, 2.24) is 0 Å². The van der Waals surface area contributed by atoms with E-state index in [9.17, 15) is 9.18 Å². The van der Waals surface area contributed by atoms with E-state index in [0.717, 1.165) is 0 Å². The van der Waals surface area contributed by atoms with Crippen LogP contribution in [0.3, 0.4) is 0 Å². The van der Waals surface area contributed by atoms with E-state index < -0.39 is 11.1 Å². The minimum Gasteiger partial charge on any atom is -0.303 e. The molecule has 0 aliphatic heterocycles. The number of carbonyl (C=O) groups is 1. The Hall–Kier alpha value is -1.69. The number of halogens is 1. The molecule has 0 heterocycles. The number of hydrogen-bond donors (Lipinski definition) is 0. The third-order valence-electron chi connectivity index (χ3n) is 2.85. The summed E-state index contributed by atoms with van der Waals surface area (Å²) in [4.78, 5) is 10.5. The van der Waals surface area contributed by atoms with Gasteiger partial charge >= 0.3 is 0 Å². The number of benzene rings is 1. The second kappa shape index (κ2) is 4.44. The quantitative estimate of drug-likeness (QED) is 0.730. The summed E-state index contributed by atoms with van der Waals surface area (Å²) < 4.78 is 14.7. The Labute approximate surface area is 94.7 Å². The molecule has 1 unspecified atom stereocenters. The molecule has 0 saturated heterocycles. The van der Waals surface area contributed by atoms with E-state index in [2.05, 4.69) is 0 Å².